The first-order valence-electron chi connectivity index (χ1n) is 7.64. The van der Waals surface area contributed by atoms with Gasteiger partial charge in [-0.1, -0.05) is 72.8 Å². The highest BCUT2D eigenvalue weighted by molar-refractivity contribution is 5.76. The van der Waals surface area contributed by atoms with Crippen LogP contribution in [-0.2, 0) is 19.3 Å². The molecule has 4 rings (SSSR count). The van der Waals surface area contributed by atoms with Crippen molar-refractivity contribution in [3.8, 4) is 11.1 Å². The largest absolute Gasteiger partial charge is 0.0622 e. The lowest BCUT2D eigenvalue weighted by Gasteiger charge is -2.06. The molecule has 3 aromatic rings. The maximum Gasteiger partial charge on any atom is -0.00134 e. The highest BCUT2D eigenvalue weighted by Gasteiger charge is 2.17. The molecule has 0 spiro atoms. The molecule has 0 amide bonds. The number of hydrogen-bond donors (Lipinski definition) is 0. The molecule has 0 atom stereocenters. The molecule has 3 aromatic carbocycles. The predicted molar refractivity (Wildman–Crippen MR) is 88.5 cm³/mol. The van der Waals surface area contributed by atoms with E-state index in [0.717, 1.165) is 19.3 Å². The smallest absolute Gasteiger partial charge is 0.00134 e. The van der Waals surface area contributed by atoms with Crippen molar-refractivity contribution in [3.05, 3.63) is 95.1 Å². The zero-order valence-electron chi connectivity index (χ0n) is 12.0. The Balaban J connectivity index is 1.56. The minimum absolute atomic E-state index is 1.09. The molecule has 0 heterocycles. The van der Waals surface area contributed by atoms with Crippen molar-refractivity contribution >= 4 is 0 Å². The molecule has 0 fully saturated rings. The van der Waals surface area contributed by atoms with Crippen LogP contribution in [0.25, 0.3) is 11.1 Å². The Morgan fingerprint density at radius 1 is 0.571 bits per heavy atom. The molecule has 0 nitrogen and oxygen atoms in total. The Morgan fingerprint density at radius 2 is 1.29 bits per heavy atom. The molecule has 1 aliphatic rings. The lowest BCUT2D eigenvalue weighted by molar-refractivity contribution is 0.957. The third-order valence-corrected chi connectivity index (χ3v) is 4.40. The van der Waals surface area contributed by atoms with Crippen molar-refractivity contribution in [2.24, 2.45) is 0 Å². The molecule has 0 heteroatoms. The fourth-order valence-electron chi connectivity index (χ4n) is 3.29. The van der Waals surface area contributed by atoms with Crippen molar-refractivity contribution in [1.29, 1.82) is 0 Å². The summed E-state index contributed by atoms with van der Waals surface area (Å²) in [5.74, 6) is 0. The van der Waals surface area contributed by atoms with E-state index < -0.39 is 0 Å². The van der Waals surface area contributed by atoms with E-state index in [9.17, 15) is 0 Å². The van der Waals surface area contributed by atoms with Gasteiger partial charge in [-0.3, -0.25) is 0 Å². The van der Waals surface area contributed by atoms with Crippen LogP contribution in [0.1, 0.15) is 22.3 Å². The topological polar surface area (TPSA) is 0 Å². The molecule has 0 unspecified atom stereocenters. The van der Waals surface area contributed by atoms with Gasteiger partial charge in [-0.15, -0.1) is 0 Å². The fraction of sp³-hybridized carbons (Fsp3) is 0.143. The number of fused-ring (bicyclic) bond motifs is 3. The van der Waals surface area contributed by atoms with Crippen LogP contribution in [0.2, 0.25) is 0 Å². The molecular weight excluding hydrogens is 252 g/mol. The average molecular weight is 270 g/mol. The summed E-state index contributed by atoms with van der Waals surface area (Å²) < 4.78 is 0. The van der Waals surface area contributed by atoms with Crippen molar-refractivity contribution in [3.63, 3.8) is 0 Å². The van der Waals surface area contributed by atoms with Crippen LogP contribution < -0.4 is 0 Å². The lowest BCUT2D eigenvalue weighted by atomic mass is 9.99. The number of rotatable bonds is 3. The Labute approximate surface area is 126 Å². The first-order chi connectivity index (χ1) is 10.4. The molecule has 0 bridgehead atoms. The van der Waals surface area contributed by atoms with E-state index in [-0.39, 0.29) is 0 Å². The minimum Gasteiger partial charge on any atom is -0.0622 e. The third-order valence-electron chi connectivity index (χ3n) is 4.40. The Kier molecular flexibility index (Phi) is 3.08. The molecule has 0 aliphatic heterocycles. The van der Waals surface area contributed by atoms with Crippen LogP contribution in [0.15, 0.2) is 72.8 Å². The summed E-state index contributed by atoms with van der Waals surface area (Å²) in [6.07, 6.45) is 3.32. The molecule has 0 radical (unpaired) electrons. The maximum absolute atomic E-state index is 2.40. The van der Waals surface area contributed by atoms with E-state index in [1.807, 2.05) is 0 Å². The molecule has 21 heavy (non-hydrogen) atoms. The fourth-order valence-corrected chi connectivity index (χ4v) is 3.29. The van der Waals surface area contributed by atoms with E-state index in [2.05, 4.69) is 72.8 Å². The summed E-state index contributed by atoms with van der Waals surface area (Å²) in [4.78, 5) is 0. The maximum atomic E-state index is 2.40. The van der Waals surface area contributed by atoms with Gasteiger partial charge in [0.25, 0.3) is 0 Å². The molecule has 102 valence electrons. The Bertz CT molecular complexity index is 769. The summed E-state index contributed by atoms with van der Waals surface area (Å²) in [6, 6.07) is 26.5. The quantitative estimate of drug-likeness (QED) is 0.489. The molecule has 0 saturated heterocycles. The van der Waals surface area contributed by atoms with Gasteiger partial charge in [0, 0.05) is 0 Å². The SMILES string of the molecule is c1ccc(CCc2ccc3c(c2)Cc2ccccc2-3)cc1. The molecule has 0 N–H and O–H groups in total. The van der Waals surface area contributed by atoms with E-state index in [1.165, 1.54) is 33.4 Å². The van der Waals surface area contributed by atoms with Crippen molar-refractivity contribution in [2.45, 2.75) is 19.3 Å². The van der Waals surface area contributed by atoms with Crippen molar-refractivity contribution < 1.29 is 0 Å². The van der Waals surface area contributed by atoms with Gasteiger partial charge in [0.2, 0.25) is 0 Å². The molecule has 0 aromatic heterocycles. The van der Waals surface area contributed by atoms with Crippen LogP contribution in [0.4, 0.5) is 0 Å². The van der Waals surface area contributed by atoms with Crippen molar-refractivity contribution in [2.75, 3.05) is 0 Å². The van der Waals surface area contributed by atoms with Gasteiger partial charge in [0.05, 0.1) is 0 Å². The predicted octanol–water partition coefficient (Wildman–Crippen LogP) is 5.04. The normalized spacial score (nSPS) is 12.0. The second-order valence-corrected chi connectivity index (χ2v) is 5.81. The van der Waals surface area contributed by atoms with E-state index in [0.29, 0.717) is 0 Å². The van der Waals surface area contributed by atoms with Crippen molar-refractivity contribution in [1.82, 2.24) is 0 Å². The van der Waals surface area contributed by atoms with Gasteiger partial charge in [0.15, 0.2) is 0 Å². The van der Waals surface area contributed by atoms with Crippen LogP contribution in [0.5, 0.6) is 0 Å². The first-order valence-corrected chi connectivity index (χ1v) is 7.64. The number of aryl methyl sites for hydroxylation is 2. The number of benzene rings is 3. The second-order valence-electron chi connectivity index (χ2n) is 5.81. The second kappa shape index (κ2) is 5.21. The van der Waals surface area contributed by atoms with Crippen LogP contribution in [0.3, 0.4) is 0 Å². The molecule has 1 aliphatic carbocycles. The highest BCUT2D eigenvalue weighted by atomic mass is 14.2. The van der Waals surface area contributed by atoms with E-state index in [1.54, 1.807) is 0 Å². The Morgan fingerprint density at radius 3 is 2.19 bits per heavy atom. The summed E-state index contributed by atoms with van der Waals surface area (Å²) in [5, 5.41) is 0. The lowest BCUT2D eigenvalue weighted by Crippen LogP contribution is -1.92. The van der Waals surface area contributed by atoms with Gasteiger partial charge in [0.1, 0.15) is 0 Å². The molecular formula is C21H18. The minimum atomic E-state index is 1.09. The standard InChI is InChI=1S/C21H18/c1-2-6-16(7-3-1)10-11-17-12-13-21-19(14-17)15-18-8-4-5-9-20(18)21/h1-9,12-14H,10-11,15H2. The van der Waals surface area contributed by atoms with E-state index >= 15 is 0 Å². The Hall–Kier alpha value is -2.34. The van der Waals surface area contributed by atoms with Gasteiger partial charge in [-0.25, -0.2) is 0 Å². The van der Waals surface area contributed by atoms with E-state index in [4.69, 9.17) is 0 Å². The third kappa shape index (κ3) is 2.38. The number of hydrogen-bond acceptors (Lipinski definition) is 0. The van der Waals surface area contributed by atoms with Gasteiger partial charge in [-0.2, -0.15) is 0 Å². The van der Waals surface area contributed by atoms with Crippen LogP contribution in [-0.4, -0.2) is 0 Å². The summed E-state index contributed by atoms with van der Waals surface area (Å²) in [7, 11) is 0. The summed E-state index contributed by atoms with van der Waals surface area (Å²) in [5.41, 5.74) is 8.66. The first kappa shape index (κ1) is 12.4. The van der Waals surface area contributed by atoms with Gasteiger partial charge < -0.3 is 0 Å². The van der Waals surface area contributed by atoms with Crippen LogP contribution >= 0.6 is 0 Å². The van der Waals surface area contributed by atoms with Gasteiger partial charge in [-0.05, 0) is 52.6 Å². The highest BCUT2D eigenvalue weighted by Crippen LogP contribution is 2.36. The molecule has 0 saturated carbocycles. The average Bonchev–Trinajstić information content (AvgIpc) is 2.91. The zero-order valence-corrected chi connectivity index (χ0v) is 12.0. The van der Waals surface area contributed by atoms with Gasteiger partial charge >= 0.3 is 0 Å². The summed E-state index contributed by atoms with van der Waals surface area (Å²) in [6.45, 7) is 0. The zero-order chi connectivity index (χ0) is 14.1. The monoisotopic (exact) mass is 270 g/mol. The van der Waals surface area contributed by atoms with Crippen LogP contribution in [0, 0.1) is 0 Å². The summed E-state index contributed by atoms with van der Waals surface area (Å²) >= 11 is 0.